The fraction of sp³-hybridized carbons (Fsp3) is 0.545. The molecule has 1 aliphatic rings. The third kappa shape index (κ3) is 2.55. The summed E-state index contributed by atoms with van der Waals surface area (Å²) in [5.74, 6) is 0.705. The minimum atomic E-state index is 0.705. The van der Waals surface area contributed by atoms with Crippen LogP contribution in [0.2, 0.25) is 0 Å². The topological polar surface area (TPSA) is 45.2 Å². The van der Waals surface area contributed by atoms with Gasteiger partial charge in [-0.05, 0) is 12.8 Å². The average molecular weight is 219 g/mol. The first-order valence-electron chi connectivity index (χ1n) is 5.67. The molecule has 0 aromatic carbocycles. The van der Waals surface area contributed by atoms with Crippen molar-refractivity contribution in [3.63, 3.8) is 0 Å². The van der Waals surface area contributed by atoms with Crippen molar-refractivity contribution in [1.29, 1.82) is 0 Å². The number of piperidine rings is 1. The average Bonchev–Trinajstić information content (AvgIpc) is 2.38. The van der Waals surface area contributed by atoms with Gasteiger partial charge in [0, 0.05) is 13.1 Å². The largest absolute Gasteiger partial charge is 0.269 e. The molecule has 0 bridgehead atoms. The minimum absolute atomic E-state index is 0.705. The van der Waals surface area contributed by atoms with Crippen molar-refractivity contribution < 1.29 is 0 Å². The van der Waals surface area contributed by atoms with Crippen molar-refractivity contribution in [3.8, 4) is 0 Å². The Labute approximate surface area is 95.8 Å². The van der Waals surface area contributed by atoms with Gasteiger partial charge in [-0.2, -0.15) is 0 Å². The lowest BCUT2D eigenvalue weighted by Gasteiger charge is -2.36. The van der Waals surface area contributed by atoms with Crippen molar-refractivity contribution >= 4 is 5.95 Å². The lowest BCUT2D eigenvalue weighted by atomic mass is 10.2. The van der Waals surface area contributed by atoms with Crippen LogP contribution >= 0.6 is 0 Å². The SMILES string of the molecule is C=CCN(c1ncncn1)N1CCCCC1. The first-order valence-corrected chi connectivity index (χ1v) is 5.67. The van der Waals surface area contributed by atoms with E-state index in [-0.39, 0.29) is 0 Å². The van der Waals surface area contributed by atoms with E-state index in [2.05, 4.69) is 31.5 Å². The van der Waals surface area contributed by atoms with Gasteiger partial charge >= 0.3 is 0 Å². The molecule has 5 heteroatoms. The summed E-state index contributed by atoms with van der Waals surface area (Å²) in [7, 11) is 0. The molecule has 0 atom stereocenters. The van der Waals surface area contributed by atoms with Crippen LogP contribution in [0.15, 0.2) is 25.3 Å². The van der Waals surface area contributed by atoms with Gasteiger partial charge in [-0.25, -0.2) is 20.0 Å². The van der Waals surface area contributed by atoms with Crippen LogP contribution in [-0.4, -0.2) is 39.6 Å². The maximum Gasteiger partial charge on any atom is 0.243 e. The number of aromatic nitrogens is 3. The van der Waals surface area contributed by atoms with E-state index in [0.29, 0.717) is 5.95 Å². The van der Waals surface area contributed by atoms with Crippen molar-refractivity contribution in [3.05, 3.63) is 25.3 Å². The maximum absolute atomic E-state index is 4.19. The number of rotatable bonds is 4. The summed E-state index contributed by atoms with van der Waals surface area (Å²) in [6.07, 6.45) is 8.72. The van der Waals surface area contributed by atoms with Gasteiger partial charge in [-0.15, -0.1) is 6.58 Å². The van der Waals surface area contributed by atoms with E-state index in [0.717, 1.165) is 19.6 Å². The van der Waals surface area contributed by atoms with E-state index in [1.54, 1.807) is 0 Å². The van der Waals surface area contributed by atoms with Crippen LogP contribution in [0.3, 0.4) is 0 Å². The van der Waals surface area contributed by atoms with E-state index >= 15 is 0 Å². The van der Waals surface area contributed by atoms with Gasteiger partial charge in [-0.3, -0.25) is 5.01 Å². The number of nitrogens with zero attached hydrogens (tertiary/aromatic N) is 5. The van der Waals surface area contributed by atoms with E-state index in [1.165, 1.54) is 31.9 Å². The van der Waals surface area contributed by atoms with Gasteiger partial charge in [0.1, 0.15) is 12.7 Å². The zero-order valence-corrected chi connectivity index (χ0v) is 9.42. The van der Waals surface area contributed by atoms with E-state index in [1.807, 2.05) is 6.08 Å². The molecule has 2 rings (SSSR count). The molecule has 0 spiro atoms. The molecular weight excluding hydrogens is 202 g/mol. The lowest BCUT2D eigenvalue weighted by Crippen LogP contribution is -2.46. The second-order valence-electron chi connectivity index (χ2n) is 3.82. The van der Waals surface area contributed by atoms with Crippen molar-refractivity contribution in [2.75, 3.05) is 24.6 Å². The smallest absolute Gasteiger partial charge is 0.243 e. The predicted molar refractivity (Wildman–Crippen MR) is 62.8 cm³/mol. The molecule has 2 heterocycles. The summed E-state index contributed by atoms with van der Waals surface area (Å²) in [4.78, 5) is 12.2. The number of hydrazine groups is 1. The Hall–Kier alpha value is -1.49. The molecule has 0 aliphatic carbocycles. The minimum Gasteiger partial charge on any atom is -0.269 e. The third-order valence-corrected chi connectivity index (χ3v) is 2.69. The van der Waals surface area contributed by atoms with Crippen LogP contribution < -0.4 is 5.01 Å². The molecule has 1 saturated heterocycles. The van der Waals surface area contributed by atoms with Crippen LogP contribution in [-0.2, 0) is 0 Å². The molecule has 1 fully saturated rings. The monoisotopic (exact) mass is 219 g/mol. The summed E-state index contributed by atoms with van der Waals surface area (Å²) >= 11 is 0. The number of hydrogen-bond donors (Lipinski definition) is 0. The summed E-state index contributed by atoms with van der Waals surface area (Å²) in [5.41, 5.74) is 0. The van der Waals surface area contributed by atoms with Crippen LogP contribution in [0, 0.1) is 0 Å². The highest BCUT2D eigenvalue weighted by Crippen LogP contribution is 2.15. The molecule has 1 aromatic heterocycles. The highest BCUT2D eigenvalue weighted by atomic mass is 15.6. The standard InChI is InChI=1S/C11H17N5/c1-2-6-16(11-13-9-12-10-14-11)15-7-4-3-5-8-15/h2,9-10H,1,3-8H2. The molecule has 0 amide bonds. The van der Waals surface area contributed by atoms with Crippen molar-refractivity contribution in [2.45, 2.75) is 19.3 Å². The van der Waals surface area contributed by atoms with E-state index in [4.69, 9.17) is 0 Å². The van der Waals surface area contributed by atoms with Gasteiger partial charge in [-0.1, -0.05) is 12.5 Å². The zero-order chi connectivity index (χ0) is 11.2. The van der Waals surface area contributed by atoms with Gasteiger partial charge in [0.25, 0.3) is 0 Å². The Kier molecular flexibility index (Phi) is 3.82. The summed E-state index contributed by atoms with van der Waals surface area (Å²) in [6, 6.07) is 0. The van der Waals surface area contributed by atoms with E-state index < -0.39 is 0 Å². The van der Waals surface area contributed by atoms with Crippen molar-refractivity contribution in [2.24, 2.45) is 0 Å². The molecule has 0 N–H and O–H groups in total. The molecule has 1 aliphatic heterocycles. The fourth-order valence-corrected chi connectivity index (χ4v) is 1.93. The summed E-state index contributed by atoms with van der Waals surface area (Å²) in [6.45, 7) is 6.66. The highest BCUT2D eigenvalue weighted by Gasteiger charge is 2.19. The predicted octanol–water partition coefficient (Wildman–Crippen LogP) is 1.26. The zero-order valence-electron chi connectivity index (χ0n) is 9.42. The summed E-state index contributed by atoms with van der Waals surface area (Å²) in [5, 5.41) is 4.37. The van der Waals surface area contributed by atoms with Crippen molar-refractivity contribution in [1.82, 2.24) is 20.0 Å². The molecule has 0 radical (unpaired) electrons. The Bertz CT molecular complexity index is 320. The van der Waals surface area contributed by atoms with Crippen LogP contribution in [0.25, 0.3) is 0 Å². The molecule has 1 aromatic rings. The first kappa shape index (κ1) is 11.0. The Morgan fingerprint density at radius 2 is 1.94 bits per heavy atom. The van der Waals surface area contributed by atoms with Crippen LogP contribution in [0.4, 0.5) is 5.95 Å². The second kappa shape index (κ2) is 5.55. The number of hydrogen-bond acceptors (Lipinski definition) is 5. The first-order chi connectivity index (χ1) is 7.92. The fourth-order valence-electron chi connectivity index (χ4n) is 1.93. The van der Waals surface area contributed by atoms with Gasteiger partial charge in [0.05, 0.1) is 6.54 Å². The quantitative estimate of drug-likeness (QED) is 0.713. The van der Waals surface area contributed by atoms with E-state index in [9.17, 15) is 0 Å². The van der Waals surface area contributed by atoms with Gasteiger partial charge < -0.3 is 0 Å². The molecule has 0 unspecified atom stereocenters. The maximum atomic E-state index is 4.19. The summed E-state index contributed by atoms with van der Waals surface area (Å²) < 4.78 is 0. The Morgan fingerprint density at radius 1 is 1.25 bits per heavy atom. The highest BCUT2D eigenvalue weighted by molar-refractivity contribution is 5.26. The van der Waals surface area contributed by atoms with Crippen LogP contribution in [0.1, 0.15) is 19.3 Å². The van der Waals surface area contributed by atoms with Crippen LogP contribution in [0.5, 0.6) is 0 Å². The molecular formula is C11H17N5. The molecule has 86 valence electrons. The van der Waals surface area contributed by atoms with Gasteiger partial charge in [0.2, 0.25) is 5.95 Å². The second-order valence-corrected chi connectivity index (χ2v) is 3.82. The third-order valence-electron chi connectivity index (χ3n) is 2.69. The molecule has 5 nitrogen and oxygen atoms in total. The Balaban J connectivity index is 2.12. The van der Waals surface area contributed by atoms with Gasteiger partial charge in [0.15, 0.2) is 0 Å². The molecule has 0 saturated carbocycles. The lowest BCUT2D eigenvalue weighted by molar-refractivity contribution is 0.210. The number of anilines is 1. The Morgan fingerprint density at radius 3 is 2.56 bits per heavy atom. The molecule has 16 heavy (non-hydrogen) atoms. The normalized spacial score (nSPS) is 17.0.